The van der Waals surface area contributed by atoms with E-state index >= 15 is 0 Å². The zero-order chi connectivity index (χ0) is 16.2. The first-order chi connectivity index (χ1) is 11.1. The van der Waals surface area contributed by atoms with Crippen LogP contribution in [0.2, 0.25) is 0 Å². The molecule has 0 saturated carbocycles. The highest BCUT2D eigenvalue weighted by Gasteiger charge is 2.21. The van der Waals surface area contributed by atoms with Crippen LogP contribution in [0.5, 0.6) is 0 Å². The molecule has 1 aromatic carbocycles. The number of carbonyl (C=O) groups is 2. The lowest BCUT2D eigenvalue weighted by atomic mass is 10.2. The van der Waals surface area contributed by atoms with Gasteiger partial charge in [-0.3, -0.25) is 9.59 Å². The molecular weight excluding hydrogens is 358 g/mol. The second-order valence-corrected chi connectivity index (χ2v) is 6.20. The molecule has 1 aliphatic rings. The van der Waals surface area contributed by atoms with Crippen molar-refractivity contribution in [2.75, 3.05) is 18.4 Å². The molecule has 1 aromatic heterocycles. The number of hydrogen-bond acceptors (Lipinski definition) is 3. The lowest BCUT2D eigenvalue weighted by Crippen LogP contribution is -2.29. The minimum atomic E-state index is -0.340. The van der Waals surface area contributed by atoms with Gasteiger partial charge in [-0.2, -0.15) is 0 Å². The van der Waals surface area contributed by atoms with E-state index in [1.165, 1.54) is 0 Å². The predicted molar refractivity (Wildman–Crippen MR) is 91.5 cm³/mol. The van der Waals surface area contributed by atoms with Crippen molar-refractivity contribution in [1.29, 1.82) is 0 Å². The van der Waals surface area contributed by atoms with Gasteiger partial charge in [0.25, 0.3) is 11.8 Å². The summed E-state index contributed by atoms with van der Waals surface area (Å²) < 4.78 is 0.789. The smallest absolute Gasteiger partial charge is 0.274 e. The SMILES string of the molecule is O=C(Nc1ccccc1Br)c1cccc(C(=O)N2CCCC2)n1. The van der Waals surface area contributed by atoms with Crippen LogP contribution in [0.25, 0.3) is 0 Å². The van der Waals surface area contributed by atoms with Gasteiger partial charge in [0.05, 0.1) is 5.69 Å². The van der Waals surface area contributed by atoms with Crippen LogP contribution in [-0.2, 0) is 0 Å². The van der Waals surface area contributed by atoms with E-state index in [-0.39, 0.29) is 17.5 Å². The summed E-state index contributed by atoms with van der Waals surface area (Å²) in [6.07, 6.45) is 2.04. The first kappa shape index (κ1) is 15.7. The molecule has 0 bridgehead atoms. The number of pyridine rings is 1. The fraction of sp³-hybridized carbons (Fsp3) is 0.235. The van der Waals surface area contributed by atoms with Crippen molar-refractivity contribution in [2.45, 2.75) is 12.8 Å². The summed E-state index contributed by atoms with van der Waals surface area (Å²) in [4.78, 5) is 30.7. The normalized spacial score (nSPS) is 13.9. The van der Waals surface area contributed by atoms with Crippen molar-refractivity contribution in [3.63, 3.8) is 0 Å². The second kappa shape index (κ2) is 6.91. The average molecular weight is 374 g/mol. The number of benzene rings is 1. The quantitative estimate of drug-likeness (QED) is 0.897. The van der Waals surface area contributed by atoms with Gasteiger partial charge in [0, 0.05) is 17.6 Å². The first-order valence-corrected chi connectivity index (χ1v) is 8.26. The minimum absolute atomic E-state index is 0.113. The van der Waals surface area contributed by atoms with Gasteiger partial charge in [0.1, 0.15) is 11.4 Å². The van der Waals surface area contributed by atoms with Gasteiger partial charge < -0.3 is 10.2 Å². The van der Waals surface area contributed by atoms with Gasteiger partial charge in [-0.15, -0.1) is 0 Å². The predicted octanol–water partition coefficient (Wildman–Crippen LogP) is 3.33. The molecule has 2 heterocycles. The number of para-hydroxylation sites is 1. The minimum Gasteiger partial charge on any atom is -0.337 e. The Labute approximate surface area is 142 Å². The summed E-state index contributed by atoms with van der Waals surface area (Å²) in [5.74, 6) is -0.453. The third-order valence-electron chi connectivity index (χ3n) is 3.72. The van der Waals surface area contributed by atoms with E-state index in [4.69, 9.17) is 0 Å². The molecule has 1 fully saturated rings. The maximum absolute atomic E-state index is 12.4. The first-order valence-electron chi connectivity index (χ1n) is 7.47. The maximum Gasteiger partial charge on any atom is 0.274 e. The Balaban J connectivity index is 1.77. The monoisotopic (exact) mass is 373 g/mol. The summed E-state index contributed by atoms with van der Waals surface area (Å²) in [6.45, 7) is 1.52. The number of hydrogen-bond donors (Lipinski definition) is 1. The number of carbonyl (C=O) groups excluding carboxylic acids is 2. The number of likely N-dealkylation sites (tertiary alicyclic amines) is 1. The molecule has 1 saturated heterocycles. The largest absolute Gasteiger partial charge is 0.337 e. The molecule has 2 aromatic rings. The van der Waals surface area contributed by atoms with E-state index in [0.717, 1.165) is 30.4 Å². The number of nitrogens with zero attached hydrogens (tertiary/aromatic N) is 2. The molecule has 0 aliphatic carbocycles. The van der Waals surface area contributed by atoms with Crippen LogP contribution in [-0.4, -0.2) is 34.8 Å². The van der Waals surface area contributed by atoms with Crippen molar-refractivity contribution < 1.29 is 9.59 Å². The Morgan fingerprint density at radius 2 is 1.70 bits per heavy atom. The van der Waals surface area contributed by atoms with Gasteiger partial charge in [-0.25, -0.2) is 4.98 Å². The molecule has 0 radical (unpaired) electrons. The molecule has 0 spiro atoms. The van der Waals surface area contributed by atoms with Gasteiger partial charge >= 0.3 is 0 Å². The Bertz CT molecular complexity index is 742. The van der Waals surface area contributed by atoms with E-state index < -0.39 is 0 Å². The number of nitrogens with one attached hydrogen (secondary N) is 1. The van der Waals surface area contributed by atoms with E-state index in [0.29, 0.717) is 11.4 Å². The zero-order valence-electron chi connectivity index (χ0n) is 12.5. The number of rotatable bonds is 3. The molecule has 3 rings (SSSR count). The van der Waals surface area contributed by atoms with Crippen LogP contribution >= 0.6 is 15.9 Å². The highest BCUT2D eigenvalue weighted by atomic mass is 79.9. The molecular formula is C17H16BrN3O2. The zero-order valence-corrected chi connectivity index (χ0v) is 14.0. The van der Waals surface area contributed by atoms with Crippen LogP contribution in [0.3, 0.4) is 0 Å². The van der Waals surface area contributed by atoms with E-state index in [1.54, 1.807) is 29.2 Å². The highest BCUT2D eigenvalue weighted by Crippen LogP contribution is 2.21. The van der Waals surface area contributed by atoms with E-state index in [2.05, 4.69) is 26.2 Å². The third-order valence-corrected chi connectivity index (χ3v) is 4.41. The number of halogens is 1. The molecule has 6 heteroatoms. The van der Waals surface area contributed by atoms with Crippen LogP contribution < -0.4 is 5.32 Å². The average Bonchev–Trinajstić information content (AvgIpc) is 3.11. The Morgan fingerprint density at radius 3 is 2.43 bits per heavy atom. The molecule has 118 valence electrons. The molecule has 1 aliphatic heterocycles. The van der Waals surface area contributed by atoms with Crippen LogP contribution in [0.15, 0.2) is 46.9 Å². The van der Waals surface area contributed by atoms with Crippen molar-refractivity contribution in [3.05, 3.63) is 58.3 Å². The highest BCUT2D eigenvalue weighted by molar-refractivity contribution is 9.10. The van der Waals surface area contributed by atoms with Gasteiger partial charge in [-0.05, 0) is 53.0 Å². The van der Waals surface area contributed by atoms with Gasteiger partial charge in [-0.1, -0.05) is 18.2 Å². The number of anilines is 1. The number of aromatic nitrogens is 1. The van der Waals surface area contributed by atoms with Crippen LogP contribution in [0.1, 0.15) is 33.8 Å². The molecule has 5 nitrogen and oxygen atoms in total. The van der Waals surface area contributed by atoms with Gasteiger partial charge in [0.15, 0.2) is 0 Å². The van der Waals surface area contributed by atoms with Crippen molar-refractivity contribution in [1.82, 2.24) is 9.88 Å². The molecule has 1 N–H and O–H groups in total. The van der Waals surface area contributed by atoms with Crippen molar-refractivity contribution >= 4 is 33.4 Å². The molecule has 2 amide bonds. The summed E-state index contributed by atoms with van der Waals surface area (Å²) in [7, 11) is 0. The summed E-state index contributed by atoms with van der Waals surface area (Å²) in [5.41, 5.74) is 1.20. The maximum atomic E-state index is 12.4. The standard InChI is InChI=1S/C17H16BrN3O2/c18-12-6-1-2-7-13(12)20-16(22)14-8-5-9-15(19-14)17(23)21-10-3-4-11-21/h1-2,5-9H,3-4,10-11H2,(H,20,22). The van der Waals surface area contributed by atoms with E-state index in [1.807, 2.05) is 18.2 Å². The van der Waals surface area contributed by atoms with Crippen molar-refractivity contribution in [3.8, 4) is 0 Å². The third kappa shape index (κ3) is 3.59. The van der Waals surface area contributed by atoms with Gasteiger partial charge in [0.2, 0.25) is 0 Å². The fourth-order valence-electron chi connectivity index (χ4n) is 2.51. The summed E-state index contributed by atoms with van der Waals surface area (Å²) in [5, 5.41) is 2.79. The summed E-state index contributed by atoms with van der Waals surface area (Å²) in [6, 6.07) is 12.3. The Kier molecular flexibility index (Phi) is 4.71. The van der Waals surface area contributed by atoms with Crippen molar-refractivity contribution in [2.24, 2.45) is 0 Å². The molecule has 23 heavy (non-hydrogen) atoms. The lowest BCUT2D eigenvalue weighted by molar-refractivity contribution is 0.0787. The Morgan fingerprint density at radius 1 is 1.00 bits per heavy atom. The van der Waals surface area contributed by atoms with E-state index in [9.17, 15) is 9.59 Å². The summed E-state index contributed by atoms with van der Waals surface area (Å²) >= 11 is 3.38. The topological polar surface area (TPSA) is 62.3 Å². The van der Waals surface area contributed by atoms with Crippen LogP contribution in [0.4, 0.5) is 5.69 Å². The van der Waals surface area contributed by atoms with Crippen LogP contribution in [0, 0.1) is 0 Å². The number of amides is 2. The lowest BCUT2D eigenvalue weighted by Gasteiger charge is -2.14. The molecule has 0 atom stereocenters. The molecule has 0 unspecified atom stereocenters. The Hall–Kier alpha value is -2.21. The fourth-order valence-corrected chi connectivity index (χ4v) is 2.90. The second-order valence-electron chi connectivity index (χ2n) is 5.34.